The Morgan fingerprint density at radius 1 is 1.39 bits per heavy atom. The summed E-state index contributed by atoms with van der Waals surface area (Å²) < 4.78 is 0. The number of nitrogens with one attached hydrogen (secondary N) is 1. The van der Waals surface area contributed by atoms with Gasteiger partial charge in [-0.1, -0.05) is 23.7 Å². The van der Waals surface area contributed by atoms with Gasteiger partial charge in [0.2, 0.25) is 0 Å². The average Bonchev–Trinajstić information content (AvgIpc) is 2.99. The van der Waals surface area contributed by atoms with Crippen molar-refractivity contribution in [2.45, 2.75) is 18.9 Å². The lowest BCUT2D eigenvalue weighted by atomic mass is 10.1. The van der Waals surface area contributed by atoms with Gasteiger partial charge in [-0.25, -0.2) is 0 Å². The third kappa shape index (κ3) is 3.71. The molecule has 0 aliphatic carbocycles. The molecule has 1 unspecified atom stereocenters. The van der Waals surface area contributed by atoms with Gasteiger partial charge < -0.3 is 10.2 Å². The van der Waals surface area contributed by atoms with Gasteiger partial charge in [0.25, 0.3) is 5.91 Å². The number of halogens is 1. The molecule has 0 radical (unpaired) electrons. The average molecular weight is 330 g/mol. The van der Waals surface area contributed by atoms with Gasteiger partial charge in [-0.05, 0) is 50.7 Å². The topological polar surface area (TPSA) is 45.2 Å². The number of hydrogen-bond donors (Lipinski definition) is 1. The third-order valence-corrected chi connectivity index (χ3v) is 4.67. The number of rotatable bonds is 4. The minimum atomic E-state index is -0.131. The van der Waals surface area contributed by atoms with Crippen LogP contribution < -0.4 is 5.32 Å². The molecule has 0 saturated carbocycles. The second kappa shape index (κ2) is 7.11. The zero-order valence-electron chi connectivity index (χ0n) is 13.1. The monoisotopic (exact) mass is 329 g/mol. The third-order valence-electron chi connectivity index (χ3n) is 4.34. The highest BCUT2D eigenvalue weighted by Crippen LogP contribution is 2.24. The molecule has 1 saturated heterocycles. The van der Waals surface area contributed by atoms with Gasteiger partial charge in [0.1, 0.15) is 0 Å². The Hall–Kier alpha value is -1.91. The summed E-state index contributed by atoms with van der Waals surface area (Å²) >= 11 is 6.21. The van der Waals surface area contributed by atoms with Crippen LogP contribution >= 0.6 is 11.6 Å². The number of carbonyl (C=O) groups is 1. The first-order valence-electron chi connectivity index (χ1n) is 7.84. The lowest BCUT2D eigenvalue weighted by Crippen LogP contribution is -2.38. The lowest BCUT2D eigenvalue weighted by Gasteiger charge is -2.19. The molecule has 1 aliphatic rings. The molecule has 1 fully saturated rings. The molecule has 4 nitrogen and oxygen atoms in total. The highest BCUT2D eigenvalue weighted by molar-refractivity contribution is 6.34. The Morgan fingerprint density at radius 2 is 2.26 bits per heavy atom. The smallest absolute Gasteiger partial charge is 0.252 e. The zero-order chi connectivity index (χ0) is 16.2. The second-order valence-corrected chi connectivity index (χ2v) is 6.30. The molecule has 1 aromatic heterocycles. The maximum absolute atomic E-state index is 12.5. The van der Waals surface area contributed by atoms with Crippen molar-refractivity contribution >= 4 is 17.5 Å². The van der Waals surface area contributed by atoms with Crippen LogP contribution in [0.4, 0.5) is 0 Å². The fourth-order valence-electron chi connectivity index (χ4n) is 2.94. The van der Waals surface area contributed by atoms with Crippen molar-refractivity contribution in [1.29, 1.82) is 0 Å². The minimum Gasteiger partial charge on any atom is -0.350 e. The minimum absolute atomic E-state index is 0.131. The molecule has 2 heterocycles. The van der Waals surface area contributed by atoms with Gasteiger partial charge in [-0.3, -0.25) is 9.78 Å². The molecule has 3 rings (SSSR count). The molecule has 23 heavy (non-hydrogen) atoms. The molecule has 1 aliphatic heterocycles. The van der Waals surface area contributed by atoms with Crippen LogP contribution in [0.25, 0.3) is 11.3 Å². The molecule has 5 heteroatoms. The van der Waals surface area contributed by atoms with Gasteiger partial charge >= 0.3 is 0 Å². The fourth-order valence-corrected chi connectivity index (χ4v) is 3.14. The first kappa shape index (κ1) is 16.0. The van der Waals surface area contributed by atoms with Crippen LogP contribution in [0.3, 0.4) is 0 Å². The molecule has 120 valence electrons. The van der Waals surface area contributed by atoms with E-state index in [9.17, 15) is 4.79 Å². The highest BCUT2D eigenvalue weighted by atomic mass is 35.5. The van der Waals surface area contributed by atoms with E-state index in [2.05, 4.69) is 22.2 Å². The molecule has 1 amide bonds. The number of likely N-dealkylation sites (tertiary alicyclic amines) is 1. The lowest BCUT2D eigenvalue weighted by molar-refractivity contribution is 0.0944. The fraction of sp³-hybridized carbons (Fsp3) is 0.333. The van der Waals surface area contributed by atoms with Gasteiger partial charge in [-0.15, -0.1) is 0 Å². The summed E-state index contributed by atoms with van der Waals surface area (Å²) in [5.41, 5.74) is 2.21. The molecule has 0 spiro atoms. The summed E-state index contributed by atoms with van der Waals surface area (Å²) in [5.74, 6) is -0.131. The Labute approximate surface area is 141 Å². The molecule has 2 aromatic rings. The van der Waals surface area contributed by atoms with E-state index in [0.717, 1.165) is 24.2 Å². The molecule has 1 atom stereocenters. The summed E-state index contributed by atoms with van der Waals surface area (Å²) in [4.78, 5) is 19.1. The first-order chi connectivity index (χ1) is 11.1. The van der Waals surface area contributed by atoms with E-state index < -0.39 is 0 Å². The first-order valence-corrected chi connectivity index (χ1v) is 8.22. The van der Waals surface area contributed by atoms with E-state index >= 15 is 0 Å². The van der Waals surface area contributed by atoms with Crippen LogP contribution in [0, 0.1) is 0 Å². The van der Waals surface area contributed by atoms with E-state index in [4.69, 9.17) is 11.6 Å². The van der Waals surface area contributed by atoms with Crippen LogP contribution in [0.2, 0.25) is 5.02 Å². The van der Waals surface area contributed by atoms with Crippen LogP contribution in [-0.2, 0) is 0 Å². The largest absolute Gasteiger partial charge is 0.350 e. The van der Waals surface area contributed by atoms with Crippen molar-refractivity contribution in [2.24, 2.45) is 0 Å². The summed E-state index contributed by atoms with van der Waals surface area (Å²) in [7, 11) is 2.10. The number of pyridine rings is 1. The van der Waals surface area contributed by atoms with E-state index in [1.54, 1.807) is 18.3 Å². The number of benzene rings is 1. The van der Waals surface area contributed by atoms with Crippen LogP contribution in [0.15, 0.2) is 42.6 Å². The van der Waals surface area contributed by atoms with Crippen molar-refractivity contribution in [3.63, 3.8) is 0 Å². The summed E-state index contributed by atoms with van der Waals surface area (Å²) in [5, 5.41) is 3.47. The Kier molecular flexibility index (Phi) is 4.94. The number of aromatic nitrogens is 1. The molecule has 0 bridgehead atoms. The predicted octanol–water partition coefficient (Wildman–Crippen LogP) is 3.23. The van der Waals surface area contributed by atoms with E-state index in [-0.39, 0.29) is 5.91 Å². The quantitative estimate of drug-likeness (QED) is 0.936. The van der Waals surface area contributed by atoms with E-state index in [0.29, 0.717) is 23.2 Å². The van der Waals surface area contributed by atoms with Crippen molar-refractivity contribution in [3.05, 3.63) is 53.2 Å². The van der Waals surface area contributed by atoms with E-state index in [1.165, 1.54) is 6.42 Å². The SMILES string of the molecule is CN1CCCC1CNC(=O)c1cc(-c2ccccn2)ccc1Cl. The molecule has 1 aromatic carbocycles. The van der Waals surface area contributed by atoms with Gasteiger partial charge in [0.05, 0.1) is 16.3 Å². The van der Waals surface area contributed by atoms with Gasteiger partial charge in [-0.2, -0.15) is 0 Å². The van der Waals surface area contributed by atoms with Crippen molar-refractivity contribution < 1.29 is 4.79 Å². The Morgan fingerprint density at radius 3 is 2.96 bits per heavy atom. The zero-order valence-corrected chi connectivity index (χ0v) is 13.9. The van der Waals surface area contributed by atoms with Crippen molar-refractivity contribution in [1.82, 2.24) is 15.2 Å². The normalized spacial score (nSPS) is 18.1. The van der Waals surface area contributed by atoms with Crippen molar-refractivity contribution in [2.75, 3.05) is 20.1 Å². The maximum atomic E-state index is 12.5. The Bertz CT molecular complexity index is 690. The van der Waals surface area contributed by atoms with Gasteiger partial charge in [0, 0.05) is 24.3 Å². The van der Waals surface area contributed by atoms with Crippen LogP contribution in [0.5, 0.6) is 0 Å². The number of hydrogen-bond acceptors (Lipinski definition) is 3. The standard InChI is InChI=1S/C18H20ClN3O/c1-22-10-4-5-14(22)12-21-18(23)15-11-13(7-8-16(15)19)17-6-2-3-9-20-17/h2-3,6-9,11,14H,4-5,10,12H2,1H3,(H,21,23). The highest BCUT2D eigenvalue weighted by Gasteiger charge is 2.22. The van der Waals surface area contributed by atoms with Gasteiger partial charge in [0.15, 0.2) is 0 Å². The van der Waals surface area contributed by atoms with Crippen LogP contribution in [-0.4, -0.2) is 42.0 Å². The molecule has 1 N–H and O–H groups in total. The number of nitrogens with zero attached hydrogens (tertiary/aromatic N) is 2. The summed E-state index contributed by atoms with van der Waals surface area (Å²) in [6.45, 7) is 1.75. The molecular weight excluding hydrogens is 310 g/mol. The molecular formula is C18H20ClN3O. The maximum Gasteiger partial charge on any atom is 0.252 e. The number of likely N-dealkylation sites (N-methyl/N-ethyl adjacent to an activating group) is 1. The van der Waals surface area contributed by atoms with Crippen molar-refractivity contribution in [3.8, 4) is 11.3 Å². The predicted molar refractivity (Wildman–Crippen MR) is 92.7 cm³/mol. The summed E-state index contributed by atoms with van der Waals surface area (Å²) in [6.07, 6.45) is 4.05. The number of amides is 1. The Balaban J connectivity index is 1.74. The van der Waals surface area contributed by atoms with E-state index in [1.807, 2.05) is 24.3 Å². The van der Waals surface area contributed by atoms with Crippen LogP contribution in [0.1, 0.15) is 23.2 Å². The second-order valence-electron chi connectivity index (χ2n) is 5.90. The number of carbonyl (C=O) groups excluding carboxylic acids is 1. The summed E-state index contributed by atoms with van der Waals surface area (Å²) in [6, 6.07) is 11.6.